The summed E-state index contributed by atoms with van der Waals surface area (Å²) in [7, 11) is 0. The number of pyridine rings is 1. The number of para-hydroxylation sites is 1. The molecule has 0 fully saturated rings. The van der Waals surface area contributed by atoms with Gasteiger partial charge in [0.25, 0.3) is 0 Å². The lowest BCUT2D eigenvalue weighted by atomic mass is 10.1. The lowest BCUT2D eigenvalue weighted by Crippen LogP contribution is -1.92. The second kappa shape index (κ2) is 6.81. The summed E-state index contributed by atoms with van der Waals surface area (Å²) in [6.07, 6.45) is 0.735. The molecule has 0 aliphatic heterocycles. The van der Waals surface area contributed by atoms with Crippen LogP contribution in [0.3, 0.4) is 0 Å². The Morgan fingerprint density at radius 1 is 1.33 bits per heavy atom. The maximum Gasteiger partial charge on any atom is 0.437 e. The molecule has 1 atom stereocenters. The molecule has 8 heteroatoms. The van der Waals surface area contributed by atoms with Crippen molar-refractivity contribution in [1.29, 1.82) is 0 Å². The van der Waals surface area contributed by atoms with Crippen molar-refractivity contribution in [1.82, 2.24) is 4.98 Å². The Kier molecular flexibility index (Phi) is 4.92. The highest BCUT2D eigenvalue weighted by Crippen LogP contribution is 2.57. The zero-order valence-electron chi connectivity index (χ0n) is 12.8. The van der Waals surface area contributed by atoms with Crippen molar-refractivity contribution in [2.45, 2.75) is 13.3 Å². The monoisotopic (exact) mass is 383 g/mol. The van der Waals surface area contributed by atoms with Gasteiger partial charge < -0.3 is 14.5 Å². The number of fused-ring (bicyclic) bond motifs is 2. The molecule has 2 aromatic carbocycles. The van der Waals surface area contributed by atoms with Gasteiger partial charge in [-0.3, -0.25) is 0 Å². The first kappa shape index (κ1) is 17.4. The maximum atomic E-state index is 12.1. The van der Waals surface area contributed by atoms with Gasteiger partial charge in [0.2, 0.25) is 0 Å². The fourth-order valence-electron chi connectivity index (χ4n) is 2.29. The lowest BCUT2D eigenvalue weighted by molar-refractivity contribution is 0.385. The number of aromatic hydroxyl groups is 1. The van der Waals surface area contributed by atoms with Crippen LogP contribution in [0.1, 0.15) is 13.3 Å². The highest BCUT2D eigenvalue weighted by Gasteiger charge is 2.25. The maximum absolute atomic E-state index is 12.1. The summed E-state index contributed by atoms with van der Waals surface area (Å²) in [5.74, 6) is 0.0974. The molecule has 0 amide bonds. The van der Waals surface area contributed by atoms with Gasteiger partial charge in [0, 0.05) is 22.6 Å². The number of aromatic nitrogens is 1. The first-order valence-corrected chi connectivity index (χ1v) is 10.8. The minimum absolute atomic E-state index is 0.126. The summed E-state index contributed by atoms with van der Waals surface area (Å²) in [4.78, 5) is 14.3. The Hall–Kier alpha value is -1.46. The molecule has 0 spiro atoms. The Morgan fingerprint density at radius 2 is 2.08 bits per heavy atom. The molecule has 0 bridgehead atoms. The van der Waals surface area contributed by atoms with E-state index in [0.29, 0.717) is 16.7 Å². The van der Waals surface area contributed by atoms with Crippen molar-refractivity contribution >= 4 is 51.6 Å². The molecule has 2 N–H and O–H groups in total. The van der Waals surface area contributed by atoms with E-state index in [-0.39, 0.29) is 16.5 Å². The molecular formula is C16H15ClNO4PS. The minimum atomic E-state index is -3.93. The van der Waals surface area contributed by atoms with Crippen LogP contribution in [0.25, 0.3) is 21.8 Å². The molecule has 0 aliphatic rings. The molecule has 0 saturated heterocycles. The van der Waals surface area contributed by atoms with E-state index in [1.165, 1.54) is 6.07 Å². The molecular weight excluding hydrogens is 369 g/mol. The van der Waals surface area contributed by atoms with Crippen LogP contribution < -0.4 is 4.52 Å². The van der Waals surface area contributed by atoms with Crippen LogP contribution >= 0.6 is 29.8 Å². The molecule has 1 aromatic heterocycles. The summed E-state index contributed by atoms with van der Waals surface area (Å²) in [5, 5.41) is 11.9. The third-order valence-corrected chi connectivity index (χ3v) is 6.75. The zero-order valence-corrected chi connectivity index (χ0v) is 15.2. The molecule has 126 valence electrons. The number of benzene rings is 2. The second-order valence-corrected chi connectivity index (χ2v) is 9.53. The van der Waals surface area contributed by atoms with E-state index in [4.69, 9.17) is 16.1 Å². The van der Waals surface area contributed by atoms with Crippen LogP contribution in [0, 0.1) is 0 Å². The third kappa shape index (κ3) is 3.47. The molecule has 3 aromatic rings. The Bertz CT molecular complexity index is 966. The van der Waals surface area contributed by atoms with Crippen molar-refractivity contribution in [2.75, 3.05) is 5.75 Å². The molecule has 1 heterocycles. The van der Waals surface area contributed by atoms with E-state index in [1.54, 1.807) is 6.07 Å². The molecule has 0 aliphatic carbocycles. The largest absolute Gasteiger partial charge is 0.504 e. The fourth-order valence-corrected chi connectivity index (χ4v) is 5.03. The summed E-state index contributed by atoms with van der Waals surface area (Å²) in [5.41, 5.74) is 1.15. The molecule has 0 radical (unpaired) electrons. The van der Waals surface area contributed by atoms with Gasteiger partial charge in [-0.05, 0) is 29.9 Å². The van der Waals surface area contributed by atoms with Gasteiger partial charge in [0.1, 0.15) is 0 Å². The topological polar surface area (TPSA) is 79.7 Å². The number of hydrogen-bond acceptors (Lipinski definition) is 5. The smallest absolute Gasteiger partial charge is 0.437 e. The van der Waals surface area contributed by atoms with Gasteiger partial charge >= 0.3 is 6.80 Å². The second-order valence-electron chi connectivity index (χ2n) is 5.18. The fraction of sp³-hybridized carbons (Fsp3) is 0.188. The number of nitrogens with zero attached hydrogens (tertiary/aromatic N) is 1. The highest BCUT2D eigenvalue weighted by atomic mass is 35.5. The van der Waals surface area contributed by atoms with E-state index in [1.807, 2.05) is 31.2 Å². The van der Waals surface area contributed by atoms with Crippen LogP contribution in [0.15, 0.2) is 36.4 Å². The summed E-state index contributed by atoms with van der Waals surface area (Å²) >= 11 is 7.05. The average molecular weight is 384 g/mol. The van der Waals surface area contributed by atoms with Crippen LogP contribution in [0.5, 0.6) is 11.5 Å². The average Bonchev–Trinajstić information content (AvgIpc) is 2.56. The number of phenols is 1. The first-order chi connectivity index (χ1) is 11.4. The predicted octanol–water partition coefficient (Wildman–Crippen LogP) is 5.37. The van der Waals surface area contributed by atoms with E-state index in [2.05, 4.69) is 4.98 Å². The van der Waals surface area contributed by atoms with Gasteiger partial charge in [-0.15, -0.1) is 0 Å². The van der Waals surface area contributed by atoms with Crippen molar-refractivity contribution in [3.05, 3.63) is 41.4 Å². The quantitative estimate of drug-likeness (QED) is 0.455. The van der Waals surface area contributed by atoms with E-state index in [0.717, 1.165) is 28.7 Å². The third-order valence-electron chi connectivity index (χ3n) is 3.37. The summed E-state index contributed by atoms with van der Waals surface area (Å²) in [6.45, 7) is -2.03. The number of hydrogen-bond donors (Lipinski definition) is 2. The van der Waals surface area contributed by atoms with Crippen molar-refractivity contribution in [2.24, 2.45) is 0 Å². The Balaban J connectivity index is 2.12. The van der Waals surface area contributed by atoms with Gasteiger partial charge in [0.15, 0.2) is 11.5 Å². The van der Waals surface area contributed by atoms with Gasteiger partial charge in [-0.2, -0.15) is 0 Å². The van der Waals surface area contributed by atoms with Gasteiger partial charge in [-0.25, -0.2) is 9.55 Å². The predicted molar refractivity (Wildman–Crippen MR) is 99.1 cm³/mol. The number of rotatable bonds is 5. The number of halogens is 1. The zero-order chi connectivity index (χ0) is 17.3. The standard InChI is InChI=1S/C16H15ClNO4PS/c1-2-7-24-23(20,21)22-14-9-12(17)15-11(16(14)19)8-10-5-3-4-6-13(10)18-15/h3-6,8-9,19H,2,7H2,1H3,(H,20,21). The van der Waals surface area contributed by atoms with Crippen LogP contribution in [-0.2, 0) is 4.57 Å². The Labute approximate surface area is 147 Å². The van der Waals surface area contributed by atoms with Crippen LogP contribution in [0.4, 0.5) is 0 Å². The molecule has 1 unspecified atom stereocenters. The van der Waals surface area contributed by atoms with E-state index in [9.17, 15) is 14.6 Å². The summed E-state index contributed by atoms with van der Waals surface area (Å²) < 4.78 is 17.2. The van der Waals surface area contributed by atoms with Gasteiger partial charge in [0.05, 0.1) is 16.1 Å². The molecule has 24 heavy (non-hydrogen) atoms. The van der Waals surface area contributed by atoms with Crippen molar-refractivity contribution in [3.8, 4) is 11.5 Å². The van der Waals surface area contributed by atoms with Crippen molar-refractivity contribution < 1.29 is 19.1 Å². The van der Waals surface area contributed by atoms with E-state index >= 15 is 0 Å². The van der Waals surface area contributed by atoms with E-state index < -0.39 is 6.80 Å². The van der Waals surface area contributed by atoms with Gasteiger partial charge in [-0.1, -0.05) is 36.7 Å². The highest BCUT2D eigenvalue weighted by molar-refractivity contribution is 8.54. The minimum Gasteiger partial charge on any atom is -0.504 e. The molecule has 5 nitrogen and oxygen atoms in total. The molecule has 0 saturated carbocycles. The first-order valence-electron chi connectivity index (χ1n) is 7.29. The van der Waals surface area contributed by atoms with Crippen LogP contribution in [0.2, 0.25) is 5.02 Å². The lowest BCUT2D eigenvalue weighted by Gasteiger charge is -2.15. The Morgan fingerprint density at radius 3 is 2.83 bits per heavy atom. The SMILES string of the molecule is CCCSP(=O)(O)Oc1cc(Cl)c2nc3ccccc3cc2c1O. The summed E-state index contributed by atoms with van der Waals surface area (Å²) in [6, 6.07) is 10.5. The molecule has 3 rings (SSSR count). The van der Waals surface area contributed by atoms with Crippen LogP contribution in [-0.4, -0.2) is 20.7 Å². The number of phenolic OH excluding ortho intramolecular Hbond substituents is 1. The van der Waals surface area contributed by atoms with Crippen molar-refractivity contribution in [3.63, 3.8) is 0 Å². The normalized spacial score (nSPS) is 14.0.